The van der Waals surface area contributed by atoms with Crippen LogP contribution in [-0.4, -0.2) is 19.5 Å². The highest BCUT2D eigenvalue weighted by Crippen LogP contribution is 2.40. The van der Waals surface area contributed by atoms with Crippen LogP contribution in [0.4, 0.5) is 0 Å². The van der Waals surface area contributed by atoms with Crippen molar-refractivity contribution >= 4 is 65.7 Å². The van der Waals surface area contributed by atoms with Gasteiger partial charge >= 0.3 is 0 Å². The van der Waals surface area contributed by atoms with E-state index < -0.39 is 0 Å². The van der Waals surface area contributed by atoms with Gasteiger partial charge in [0.1, 0.15) is 22.3 Å². The summed E-state index contributed by atoms with van der Waals surface area (Å²) < 4.78 is 15.0. The molecular weight excluding hydrogens is 701 g/mol. The molecular formula is C51H30N4O2. The Morgan fingerprint density at radius 1 is 0.333 bits per heavy atom. The van der Waals surface area contributed by atoms with Crippen molar-refractivity contribution in [3.63, 3.8) is 0 Å². The molecule has 8 aromatic carbocycles. The Bertz CT molecular complexity index is 3530. The Balaban J connectivity index is 1.02. The summed E-state index contributed by atoms with van der Waals surface area (Å²) in [6, 6.07) is 62.8. The summed E-state index contributed by atoms with van der Waals surface area (Å²) >= 11 is 0. The van der Waals surface area contributed by atoms with Crippen LogP contribution in [0.15, 0.2) is 191 Å². The maximum atomic E-state index is 6.42. The molecule has 12 rings (SSSR count). The molecule has 0 aliphatic carbocycles. The van der Waals surface area contributed by atoms with E-state index in [1.165, 1.54) is 21.8 Å². The molecule has 266 valence electrons. The van der Waals surface area contributed by atoms with E-state index >= 15 is 0 Å². The third-order valence-electron chi connectivity index (χ3n) is 11.1. The predicted molar refractivity (Wildman–Crippen MR) is 230 cm³/mol. The molecule has 6 heteroatoms. The quantitative estimate of drug-likeness (QED) is 0.176. The lowest BCUT2D eigenvalue weighted by Crippen LogP contribution is -2.00. The van der Waals surface area contributed by atoms with E-state index in [1.807, 2.05) is 72.8 Å². The van der Waals surface area contributed by atoms with Crippen LogP contribution in [0.25, 0.3) is 117 Å². The van der Waals surface area contributed by atoms with Gasteiger partial charge in [0.25, 0.3) is 0 Å². The van der Waals surface area contributed by atoms with Crippen molar-refractivity contribution in [2.75, 3.05) is 0 Å². The Labute approximate surface area is 325 Å². The molecule has 4 aromatic heterocycles. The number of benzene rings is 8. The molecule has 0 N–H and O–H groups in total. The minimum atomic E-state index is 0.579. The van der Waals surface area contributed by atoms with Gasteiger partial charge in [-0.3, -0.25) is 0 Å². The first-order valence-corrected chi connectivity index (χ1v) is 19.0. The standard InChI is InChI=1S/C51H30N4O2/c1-3-12-31(13-4-1)49-52-50(54-51(53-49)39-18-11-21-47-48(39)38-17-8-10-20-44(38)57-47)34-24-27-46-41(29-34)40-28-32(23-26-45(40)56-46)33-22-25-37-36-16-7-9-19-42(36)55(43(37)30-33)35-14-5-2-6-15-35/h1-30H. The van der Waals surface area contributed by atoms with Gasteiger partial charge in [0.2, 0.25) is 0 Å². The number of aromatic nitrogens is 4. The monoisotopic (exact) mass is 730 g/mol. The first-order chi connectivity index (χ1) is 28.2. The lowest BCUT2D eigenvalue weighted by Gasteiger charge is -2.09. The second-order valence-corrected chi connectivity index (χ2v) is 14.4. The van der Waals surface area contributed by atoms with Crippen molar-refractivity contribution in [2.45, 2.75) is 0 Å². The van der Waals surface area contributed by atoms with E-state index in [0.29, 0.717) is 17.5 Å². The van der Waals surface area contributed by atoms with Crippen LogP contribution < -0.4 is 0 Å². The van der Waals surface area contributed by atoms with Crippen molar-refractivity contribution in [2.24, 2.45) is 0 Å². The smallest absolute Gasteiger partial charge is 0.164 e. The van der Waals surface area contributed by atoms with E-state index in [2.05, 4.69) is 114 Å². The van der Waals surface area contributed by atoms with Crippen LogP contribution in [0.2, 0.25) is 0 Å². The second-order valence-electron chi connectivity index (χ2n) is 14.4. The van der Waals surface area contributed by atoms with Crippen molar-refractivity contribution < 1.29 is 8.83 Å². The van der Waals surface area contributed by atoms with Gasteiger partial charge in [-0.2, -0.15) is 0 Å². The van der Waals surface area contributed by atoms with E-state index in [4.69, 9.17) is 23.8 Å². The molecule has 0 radical (unpaired) electrons. The Hall–Kier alpha value is -7.83. The maximum Gasteiger partial charge on any atom is 0.164 e. The van der Waals surface area contributed by atoms with Gasteiger partial charge in [-0.15, -0.1) is 0 Å². The first-order valence-electron chi connectivity index (χ1n) is 19.0. The van der Waals surface area contributed by atoms with Crippen LogP contribution in [0.1, 0.15) is 0 Å². The van der Waals surface area contributed by atoms with Crippen molar-refractivity contribution in [3.05, 3.63) is 182 Å². The van der Waals surface area contributed by atoms with Gasteiger partial charge in [-0.25, -0.2) is 15.0 Å². The van der Waals surface area contributed by atoms with E-state index in [1.54, 1.807) is 0 Å². The number of hydrogen-bond acceptors (Lipinski definition) is 5. The fourth-order valence-electron chi connectivity index (χ4n) is 8.40. The van der Waals surface area contributed by atoms with Crippen LogP contribution >= 0.6 is 0 Å². The summed E-state index contributed by atoms with van der Waals surface area (Å²) in [5.74, 6) is 1.76. The Kier molecular flexibility index (Phi) is 6.83. The zero-order valence-corrected chi connectivity index (χ0v) is 30.4. The average molecular weight is 731 g/mol. The highest BCUT2D eigenvalue weighted by atomic mass is 16.3. The van der Waals surface area contributed by atoms with Crippen molar-refractivity contribution in [1.82, 2.24) is 19.5 Å². The summed E-state index contributed by atoms with van der Waals surface area (Å²) in [4.78, 5) is 15.3. The average Bonchev–Trinajstić information content (AvgIpc) is 3.95. The number of rotatable bonds is 5. The second kappa shape index (κ2) is 12.3. The molecule has 4 heterocycles. The zero-order chi connectivity index (χ0) is 37.5. The SMILES string of the molecule is c1ccc(-c2nc(-c3ccc4oc5ccc(-c6ccc7c8ccccc8n(-c8ccccc8)c7c6)cc5c4c3)nc(-c3cccc4oc5ccccc5c34)n2)cc1. The molecule has 0 atom stereocenters. The number of hydrogen-bond donors (Lipinski definition) is 0. The fraction of sp³-hybridized carbons (Fsp3) is 0. The molecule has 0 amide bonds. The Morgan fingerprint density at radius 2 is 0.895 bits per heavy atom. The molecule has 0 unspecified atom stereocenters. The number of fused-ring (bicyclic) bond motifs is 9. The summed E-state index contributed by atoms with van der Waals surface area (Å²) in [6.45, 7) is 0. The minimum absolute atomic E-state index is 0.579. The number of para-hydroxylation sites is 3. The maximum absolute atomic E-state index is 6.42. The third-order valence-corrected chi connectivity index (χ3v) is 11.1. The molecule has 0 spiro atoms. The molecule has 57 heavy (non-hydrogen) atoms. The Morgan fingerprint density at radius 3 is 1.72 bits per heavy atom. The highest BCUT2D eigenvalue weighted by Gasteiger charge is 2.19. The third kappa shape index (κ3) is 5.01. The predicted octanol–water partition coefficient (Wildman–Crippen LogP) is 13.4. The molecule has 0 aliphatic heterocycles. The van der Waals surface area contributed by atoms with Gasteiger partial charge < -0.3 is 13.4 Å². The first kappa shape index (κ1) is 31.5. The highest BCUT2D eigenvalue weighted by molar-refractivity contribution is 6.13. The van der Waals surface area contributed by atoms with E-state index in [-0.39, 0.29) is 0 Å². The molecule has 0 aliphatic rings. The van der Waals surface area contributed by atoms with Crippen LogP contribution in [0, 0.1) is 0 Å². The molecule has 6 nitrogen and oxygen atoms in total. The van der Waals surface area contributed by atoms with Crippen LogP contribution in [0.5, 0.6) is 0 Å². The van der Waals surface area contributed by atoms with Gasteiger partial charge in [-0.05, 0) is 77.9 Å². The van der Waals surface area contributed by atoms with Gasteiger partial charge in [-0.1, -0.05) is 115 Å². The molecule has 0 saturated carbocycles. The lowest BCUT2D eigenvalue weighted by atomic mass is 10.0. The molecule has 0 bridgehead atoms. The van der Waals surface area contributed by atoms with Crippen molar-refractivity contribution in [3.8, 4) is 51.0 Å². The normalized spacial score (nSPS) is 11.9. The summed E-state index contributed by atoms with van der Waals surface area (Å²) in [6.07, 6.45) is 0. The van der Waals surface area contributed by atoms with E-state index in [9.17, 15) is 0 Å². The summed E-state index contributed by atoms with van der Waals surface area (Å²) in [7, 11) is 0. The summed E-state index contributed by atoms with van der Waals surface area (Å²) in [5.41, 5.74) is 11.6. The molecule has 12 aromatic rings. The van der Waals surface area contributed by atoms with Gasteiger partial charge in [0.15, 0.2) is 17.5 Å². The van der Waals surface area contributed by atoms with Gasteiger partial charge in [0, 0.05) is 54.7 Å². The number of furan rings is 2. The van der Waals surface area contributed by atoms with Crippen LogP contribution in [0.3, 0.4) is 0 Å². The molecule has 0 saturated heterocycles. The summed E-state index contributed by atoms with van der Waals surface area (Å²) in [5, 5.41) is 6.49. The van der Waals surface area contributed by atoms with Gasteiger partial charge in [0.05, 0.1) is 11.0 Å². The molecule has 0 fully saturated rings. The number of nitrogens with zero attached hydrogens (tertiary/aromatic N) is 4. The van der Waals surface area contributed by atoms with Crippen LogP contribution in [-0.2, 0) is 0 Å². The zero-order valence-electron chi connectivity index (χ0n) is 30.4. The topological polar surface area (TPSA) is 69.9 Å². The minimum Gasteiger partial charge on any atom is -0.456 e. The van der Waals surface area contributed by atoms with Crippen molar-refractivity contribution in [1.29, 1.82) is 0 Å². The van der Waals surface area contributed by atoms with E-state index in [0.717, 1.165) is 77.4 Å². The lowest BCUT2D eigenvalue weighted by molar-refractivity contribution is 0.668. The largest absolute Gasteiger partial charge is 0.456 e. The fourth-order valence-corrected chi connectivity index (χ4v) is 8.40.